The lowest BCUT2D eigenvalue weighted by Gasteiger charge is -2.43. The van der Waals surface area contributed by atoms with Crippen molar-refractivity contribution in [3.63, 3.8) is 0 Å². The SMILES string of the molecule is Cc1ccnc2c1c(=O)nc(CCc1cccc(F)c1F)n2CC(=O)N(Cc1ccc(-c2ccc(C(F)(F)F)cc2)cc1)C1CCN(C(C)(C)C(=O)O)CC1. The Morgan fingerprint density at radius 2 is 1.55 bits per heavy atom. The Labute approximate surface area is 314 Å². The third-order valence-corrected chi connectivity index (χ3v) is 10.5. The van der Waals surface area contributed by atoms with Crippen LogP contribution in [0.3, 0.4) is 0 Å². The van der Waals surface area contributed by atoms with Gasteiger partial charge in [0, 0.05) is 38.3 Å². The maximum Gasteiger partial charge on any atom is 0.416 e. The molecule has 2 aromatic heterocycles. The number of aryl methyl sites for hydroxylation is 3. The molecule has 1 N–H and O–H groups in total. The lowest BCUT2D eigenvalue weighted by molar-refractivity contribution is -0.151. The van der Waals surface area contributed by atoms with E-state index in [1.54, 1.807) is 60.6 Å². The molecular formula is C41H40F5N5O4. The summed E-state index contributed by atoms with van der Waals surface area (Å²) in [7, 11) is 0. The molecule has 14 heteroatoms. The minimum Gasteiger partial charge on any atom is -0.480 e. The lowest BCUT2D eigenvalue weighted by atomic mass is 9.95. The van der Waals surface area contributed by atoms with E-state index in [1.807, 2.05) is 4.90 Å². The van der Waals surface area contributed by atoms with Gasteiger partial charge in [-0.2, -0.15) is 18.2 Å². The van der Waals surface area contributed by atoms with Gasteiger partial charge in [-0.25, -0.2) is 13.8 Å². The van der Waals surface area contributed by atoms with E-state index in [9.17, 15) is 41.4 Å². The van der Waals surface area contributed by atoms with Crippen molar-refractivity contribution in [3.8, 4) is 11.1 Å². The van der Waals surface area contributed by atoms with Crippen LogP contribution in [0.1, 0.15) is 54.8 Å². The zero-order valence-electron chi connectivity index (χ0n) is 30.5. The van der Waals surface area contributed by atoms with Gasteiger partial charge in [0.05, 0.1) is 10.9 Å². The van der Waals surface area contributed by atoms with Crippen molar-refractivity contribution in [1.82, 2.24) is 24.3 Å². The Hall–Kier alpha value is -5.50. The van der Waals surface area contributed by atoms with E-state index in [-0.39, 0.29) is 60.3 Å². The van der Waals surface area contributed by atoms with E-state index in [0.29, 0.717) is 42.6 Å². The first-order valence-electron chi connectivity index (χ1n) is 17.9. The molecule has 1 aliphatic rings. The average Bonchev–Trinajstić information content (AvgIpc) is 3.15. The fourth-order valence-corrected chi connectivity index (χ4v) is 7.08. The van der Waals surface area contributed by atoms with Crippen molar-refractivity contribution in [2.24, 2.45) is 0 Å². The minimum atomic E-state index is -4.45. The van der Waals surface area contributed by atoms with Gasteiger partial charge in [0.1, 0.15) is 23.6 Å². The number of fused-ring (bicyclic) bond motifs is 1. The average molecular weight is 762 g/mol. The highest BCUT2D eigenvalue weighted by atomic mass is 19.4. The number of carbonyl (C=O) groups excluding carboxylic acids is 1. The van der Waals surface area contributed by atoms with Gasteiger partial charge in [-0.05, 0) is 92.1 Å². The topological polar surface area (TPSA) is 109 Å². The summed E-state index contributed by atoms with van der Waals surface area (Å²) >= 11 is 0. The minimum absolute atomic E-state index is 0.00251. The van der Waals surface area contributed by atoms with E-state index in [2.05, 4.69) is 9.97 Å². The number of hydrogen-bond acceptors (Lipinski definition) is 6. The normalized spacial score (nSPS) is 14.3. The standard InChI is InChI=1S/C41H40F5N5O4/c1-25-17-20-47-37-35(25)38(53)48-33(16-13-29-5-4-6-32(42)36(29)43)51(37)24-34(52)50(31-18-21-49(22-19-31)40(2,3)39(54)55)23-26-7-9-27(10-8-26)28-11-14-30(15-12-28)41(44,45)46/h4-12,14-15,17,20,31H,13,16,18-19,21-24H2,1-3H3,(H,54,55). The molecule has 55 heavy (non-hydrogen) atoms. The number of aliphatic carboxylic acids is 1. The number of amides is 1. The molecule has 0 radical (unpaired) electrons. The number of nitrogens with zero attached hydrogens (tertiary/aromatic N) is 5. The number of hydrogen-bond donors (Lipinski definition) is 1. The lowest BCUT2D eigenvalue weighted by Crippen LogP contribution is -2.56. The van der Waals surface area contributed by atoms with Gasteiger partial charge < -0.3 is 14.6 Å². The number of carbonyl (C=O) groups is 2. The number of pyridine rings is 1. The Kier molecular flexibility index (Phi) is 11.2. The quantitative estimate of drug-likeness (QED) is 0.142. The predicted molar refractivity (Wildman–Crippen MR) is 196 cm³/mol. The summed E-state index contributed by atoms with van der Waals surface area (Å²) in [5.41, 5.74) is 0.508. The molecule has 1 amide bonds. The number of likely N-dealkylation sites (tertiary alicyclic amines) is 1. The number of benzene rings is 3. The van der Waals surface area contributed by atoms with Crippen LogP contribution >= 0.6 is 0 Å². The molecule has 9 nitrogen and oxygen atoms in total. The highest BCUT2D eigenvalue weighted by molar-refractivity contribution is 5.82. The fraction of sp³-hybridized carbons (Fsp3) is 0.341. The van der Waals surface area contributed by atoms with E-state index in [4.69, 9.17) is 0 Å². The largest absolute Gasteiger partial charge is 0.480 e. The molecule has 5 aromatic rings. The molecule has 3 heterocycles. The number of aromatic nitrogens is 3. The Morgan fingerprint density at radius 3 is 2.16 bits per heavy atom. The van der Waals surface area contributed by atoms with Crippen molar-refractivity contribution in [1.29, 1.82) is 0 Å². The van der Waals surface area contributed by atoms with Crippen molar-refractivity contribution in [2.45, 2.75) is 77.3 Å². The summed E-state index contributed by atoms with van der Waals surface area (Å²) in [5.74, 6) is -3.13. The number of alkyl halides is 3. The first kappa shape index (κ1) is 39.2. The summed E-state index contributed by atoms with van der Waals surface area (Å²) < 4.78 is 69.6. The van der Waals surface area contributed by atoms with Gasteiger partial charge in [0.15, 0.2) is 11.6 Å². The second-order valence-electron chi connectivity index (χ2n) is 14.3. The maximum absolute atomic E-state index is 14.6. The molecule has 0 saturated carbocycles. The van der Waals surface area contributed by atoms with Crippen LogP contribution in [-0.2, 0) is 41.7 Å². The van der Waals surface area contributed by atoms with Crippen LogP contribution in [0.5, 0.6) is 0 Å². The van der Waals surface area contributed by atoms with E-state index in [0.717, 1.165) is 23.8 Å². The number of halogens is 5. The zero-order valence-corrected chi connectivity index (χ0v) is 30.5. The summed E-state index contributed by atoms with van der Waals surface area (Å²) in [6, 6.07) is 17.2. The van der Waals surface area contributed by atoms with Gasteiger partial charge in [0.2, 0.25) is 5.91 Å². The maximum atomic E-state index is 14.6. The van der Waals surface area contributed by atoms with Crippen LogP contribution in [-0.4, -0.2) is 66.0 Å². The second-order valence-corrected chi connectivity index (χ2v) is 14.3. The van der Waals surface area contributed by atoms with E-state index in [1.165, 1.54) is 30.5 Å². The molecule has 1 aliphatic heterocycles. The molecule has 0 unspecified atom stereocenters. The summed E-state index contributed by atoms with van der Waals surface area (Å²) in [6.45, 7) is 5.69. The predicted octanol–water partition coefficient (Wildman–Crippen LogP) is 7.21. The van der Waals surface area contributed by atoms with Crippen molar-refractivity contribution >= 4 is 22.9 Å². The van der Waals surface area contributed by atoms with Crippen LogP contribution in [0.2, 0.25) is 0 Å². The fourth-order valence-electron chi connectivity index (χ4n) is 7.08. The molecule has 0 spiro atoms. The monoisotopic (exact) mass is 761 g/mol. The van der Waals surface area contributed by atoms with Crippen LogP contribution < -0.4 is 5.56 Å². The van der Waals surface area contributed by atoms with Gasteiger partial charge in [-0.3, -0.25) is 19.3 Å². The van der Waals surface area contributed by atoms with E-state index >= 15 is 0 Å². The first-order chi connectivity index (χ1) is 26.0. The summed E-state index contributed by atoms with van der Waals surface area (Å²) in [6.07, 6.45) is -2.00. The Balaban J connectivity index is 1.32. The zero-order chi connectivity index (χ0) is 39.7. The van der Waals surface area contributed by atoms with Crippen LogP contribution in [0.4, 0.5) is 22.0 Å². The Morgan fingerprint density at radius 1 is 0.909 bits per heavy atom. The highest BCUT2D eigenvalue weighted by Gasteiger charge is 2.39. The Bertz CT molecular complexity index is 2270. The van der Waals surface area contributed by atoms with Gasteiger partial charge in [-0.1, -0.05) is 48.5 Å². The second kappa shape index (κ2) is 15.7. The molecule has 3 aromatic carbocycles. The van der Waals surface area contributed by atoms with Gasteiger partial charge in [0.25, 0.3) is 5.56 Å². The molecule has 0 bridgehead atoms. The van der Waals surface area contributed by atoms with Crippen LogP contribution in [0, 0.1) is 18.6 Å². The van der Waals surface area contributed by atoms with Crippen LogP contribution in [0.25, 0.3) is 22.2 Å². The molecule has 1 fully saturated rings. The highest BCUT2D eigenvalue weighted by Crippen LogP contribution is 2.32. The third-order valence-electron chi connectivity index (χ3n) is 10.5. The summed E-state index contributed by atoms with van der Waals surface area (Å²) in [4.78, 5) is 52.2. The molecule has 0 aliphatic carbocycles. The smallest absolute Gasteiger partial charge is 0.416 e. The molecule has 6 rings (SSSR count). The first-order valence-corrected chi connectivity index (χ1v) is 17.9. The van der Waals surface area contributed by atoms with Crippen molar-refractivity contribution in [3.05, 3.63) is 129 Å². The number of rotatable bonds is 11. The molecular weight excluding hydrogens is 721 g/mol. The van der Waals surface area contributed by atoms with Crippen molar-refractivity contribution in [2.75, 3.05) is 13.1 Å². The third kappa shape index (κ3) is 8.44. The molecule has 1 saturated heterocycles. The van der Waals surface area contributed by atoms with Gasteiger partial charge >= 0.3 is 12.1 Å². The summed E-state index contributed by atoms with van der Waals surface area (Å²) in [5, 5.41) is 10.1. The number of carboxylic acids is 1. The van der Waals surface area contributed by atoms with E-state index < -0.39 is 40.4 Å². The number of carboxylic acid groups (broad SMARTS) is 1. The molecule has 288 valence electrons. The van der Waals surface area contributed by atoms with Crippen molar-refractivity contribution < 1.29 is 36.6 Å². The number of piperidine rings is 1. The van der Waals surface area contributed by atoms with Gasteiger partial charge in [-0.15, -0.1) is 0 Å². The molecule has 0 atom stereocenters. The van der Waals surface area contributed by atoms with Crippen LogP contribution in [0.15, 0.2) is 83.8 Å².